The van der Waals surface area contributed by atoms with Crippen molar-refractivity contribution in [1.82, 2.24) is 5.32 Å². The van der Waals surface area contributed by atoms with Crippen molar-refractivity contribution in [2.45, 2.75) is 26.7 Å². The third-order valence-electron chi connectivity index (χ3n) is 2.49. The summed E-state index contributed by atoms with van der Waals surface area (Å²) in [6.07, 6.45) is 0.592. The van der Waals surface area contributed by atoms with Gasteiger partial charge in [-0.25, -0.2) is 0 Å². The molecule has 1 heterocycles. The molecule has 0 saturated carbocycles. The van der Waals surface area contributed by atoms with Crippen LogP contribution in [0.25, 0.3) is 0 Å². The van der Waals surface area contributed by atoms with Crippen LogP contribution in [0.3, 0.4) is 0 Å². The van der Waals surface area contributed by atoms with Crippen LogP contribution in [0, 0.1) is 5.41 Å². The van der Waals surface area contributed by atoms with Gasteiger partial charge in [-0.05, 0) is 28.4 Å². The van der Waals surface area contributed by atoms with Crippen molar-refractivity contribution in [2.75, 3.05) is 6.54 Å². The second-order valence-corrected chi connectivity index (χ2v) is 6.60. The van der Waals surface area contributed by atoms with E-state index in [0.29, 0.717) is 6.54 Å². The molecule has 1 rings (SSSR count). The summed E-state index contributed by atoms with van der Waals surface area (Å²) in [5, 5.41) is 13.5. The van der Waals surface area contributed by atoms with Gasteiger partial charge in [0.1, 0.15) is 0 Å². The van der Waals surface area contributed by atoms with Gasteiger partial charge >= 0.3 is 5.97 Å². The van der Waals surface area contributed by atoms with Crippen LogP contribution < -0.4 is 5.32 Å². The van der Waals surface area contributed by atoms with Gasteiger partial charge in [-0.3, -0.25) is 9.59 Å². The predicted molar refractivity (Wildman–Crippen MR) is 74.8 cm³/mol. The smallest absolute Gasteiger partial charge is 0.304 e. The molecule has 0 aliphatic carbocycles. The van der Waals surface area contributed by atoms with E-state index in [-0.39, 0.29) is 12.3 Å². The lowest BCUT2D eigenvalue weighted by Gasteiger charge is -2.21. The first-order valence-corrected chi connectivity index (χ1v) is 7.21. The molecule has 1 aromatic heterocycles. The topological polar surface area (TPSA) is 66.4 Å². The Bertz CT molecular complexity index is 442. The van der Waals surface area contributed by atoms with Crippen LogP contribution in [0.15, 0.2) is 15.9 Å². The molecule has 0 radical (unpaired) electrons. The number of carboxylic acids is 1. The first-order chi connectivity index (χ1) is 8.31. The summed E-state index contributed by atoms with van der Waals surface area (Å²) in [6, 6.07) is 2.01. The van der Waals surface area contributed by atoms with Crippen LogP contribution in [0.2, 0.25) is 0 Å². The number of nitrogens with one attached hydrogen (secondary N) is 1. The minimum Gasteiger partial charge on any atom is -0.481 e. The van der Waals surface area contributed by atoms with Gasteiger partial charge in [0.2, 0.25) is 5.91 Å². The van der Waals surface area contributed by atoms with Gasteiger partial charge in [-0.15, -0.1) is 11.3 Å². The highest BCUT2D eigenvalue weighted by Crippen LogP contribution is 2.21. The molecule has 0 bridgehead atoms. The molecule has 1 amide bonds. The number of amides is 1. The summed E-state index contributed by atoms with van der Waals surface area (Å²) in [6.45, 7) is 3.80. The van der Waals surface area contributed by atoms with Crippen molar-refractivity contribution < 1.29 is 14.7 Å². The Kier molecular flexibility index (Phi) is 5.34. The van der Waals surface area contributed by atoms with Crippen molar-refractivity contribution in [3.8, 4) is 0 Å². The van der Waals surface area contributed by atoms with Crippen molar-refractivity contribution in [2.24, 2.45) is 5.41 Å². The van der Waals surface area contributed by atoms with Crippen LogP contribution in [0.1, 0.15) is 25.1 Å². The molecule has 1 aromatic rings. The van der Waals surface area contributed by atoms with Crippen LogP contribution in [0.4, 0.5) is 0 Å². The third-order valence-corrected chi connectivity index (χ3v) is 4.24. The van der Waals surface area contributed by atoms with Gasteiger partial charge in [0, 0.05) is 21.3 Å². The molecule has 0 spiro atoms. The maximum Gasteiger partial charge on any atom is 0.304 e. The largest absolute Gasteiger partial charge is 0.481 e. The first kappa shape index (κ1) is 15.2. The predicted octanol–water partition coefficient (Wildman–Crippen LogP) is 2.67. The van der Waals surface area contributed by atoms with Crippen molar-refractivity contribution in [3.05, 3.63) is 20.8 Å². The SMILES string of the molecule is CC(C)(CC(=O)O)C(=O)NCCc1cc(Br)cs1. The van der Waals surface area contributed by atoms with Gasteiger partial charge in [0.15, 0.2) is 0 Å². The summed E-state index contributed by atoms with van der Waals surface area (Å²) in [5.41, 5.74) is -0.873. The number of thiophene rings is 1. The normalized spacial score (nSPS) is 11.3. The monoisotopic (exact) mass is 333 g/mol. The fourth-order valence-electron chi connectivity index (χ4n) is 1.48. The summed E-state index contributed by atoms with van der Waals surface area (Å²) in [4.78, 5) is 23.6. The average Bonchev–Trinajstić information content (AvgIpc) is 2.62. The maximum absolute atomic E-state index is 11.8. The van der Waals surface area contributed by atoms with Gasteiger partial charge in [0.25, 0.3) is 0 Å². The molecule has 0 fully saturated rings. The zero-order chi connectivity index (χ0) is 13.8. The van der Waals surface area contributed by atoms with Crippen molar-refractivity contribution in [1.29, 1.82) is 0 Å². The van der Waals surface area contributed by atoms with Crippen molar-refractivity contribution in [3.63, 3.8) is 0 Å². The molecule has 2 N–H and O–H groups in total. The molecule has 0 atom stereocenters. The highest BCUT2D eigenvalue weighted by atomic mass is 79.9. The van der Waals surface area contributed by atoms with Crippen molar-refractivity contribution >= 4 is 39.1 Å². The molecular formula is C12H16BrNO3S. The van der Waals surface area contributed by atoms with E-state index in [1.165, 1.54) is 4.88 Å². The van der Waals surface area contributed by atoms with E-state index in [1.54, 1.807) is 25.2 Å². The number of halogens is 1. The Labute approximate surface area is 119 Å². The van der Waals surface area contributed by atoms with Gasteiger partial charge in [-0.1, -0.05) is 13.8 Å². The highest BCUT2D eigenvalue weighted by Gasteiger charge is 2.29. The quantitative estimate of drug-likeness (QED) is 0.841. The zero-order valence-electron chi connectivity index (χ0n) is 10.3. The molecule has 100 valence electrons. The van der Waals surface area contributed by atoms with E-state index in [2.05, 4.69) is 21.2 Å². The van der Waals surface area contributed by atoms with Crippen LogP contribution in [-0.2, 0) is 16.0 Å². The molecule has 6 heteroatoms. The van der Waals surface area contributed by atoms with E-state index >= 15 is 0 Å². The molecule has 0 saturated heterocycles. The minimum atomic E-state index is -0.961. The van der Waals surface area contributed by atoms with Crippen LogP contribution in [0.5, 0.6) is 0 Å². The van der Waals surface area contributed by atoms with Crippen LogP contribution >= 0.6 is 27.3 Å². The Hall–Kier alpha value is -0.880. The Balaban J connectivity index is 2.39. The minimum absolute atomic E-state index is 0.163. The van der Waals surface area contributed by atoms with E-state index in [9.17, 15) is 9.59 Å². The summed E-state index contributed by atoms with van der Waals surface area (Å²) < 4.78 is 1.04. The summed E-state index contributed by atoms with van der Waals surface area (Å²) >= 11 is 5.00. The van der Waals surface area contributed by atoms with E-state index < -0.39 is 11.4 Å². The first-order valence-electron chi connectivity index (χ1n) is 5.54. The number of hydrogen-bond donors (Lipinski definition) is 2. The number of aliphatic carboxylic acids is 1. The Morgan fingerprint density at radius 3 is 2.67 bits per heavy atom. The lowest BCUT2D eigenvalue weighted by Crippen LogP contribution is -2.39. The van der Waals surface area contributed by atoms with E-state index in [0.717, 1.165) is 10.9 Å². The fourth-order valence-corrected chi connectivity index (χ4v) is 2.94. The lowest BCUT2D eigenvalue weighted by molar-refractivity contribution is -0.144. The fraction of sp³-hybridized carbons (Fsp3) is 0.500. The maximum atomic E-state index is 11.8. The number of carbonyl (C=O) groups is 2. The Morgan fingerprint density at radius 1 is 1.50 bits per heavy atom. The molecule has 0 aromatic carbocycles. The second kappa shape index (κ2) is 6.33. The Morgan fingerprint density at radius 2 is 2.17 bits per heavy atom. The molecule has 4 nitrogen and oxygen atoms in total. The summed E-state index contributed by atoms with van der Waals surface area (Å²) in [7, 11) is 0. The third kappa shape index (κ3) is 4.78. The van der Waals surface area contributed by atoms with Crippen LogP contribution in [-0.4, -0.2) is 23.5 Å². The van der Waals surface area contributed by atoms with Gasteiger partial charge < -0.3 is 10.4 Å². The number of rotatable bonds is 6. The molecule has 0 aliphatic heterocycles. The standard InChI is InChI=1S/C12H16BrNO3S/c1-12(2,6-10(15)16)11(17)14-4-3-9-5-8(13)7-18-9/h5,7H,3-4,6H2,1-2H3,(H,14,17)(H,15,16). The van der Waals surface area contributed by atoms with E-state index in [4.69, 9.17) is 5.11 Å². The molecule has 18 heavy (non-hydrogen) atoms. The van der Waals surface area contributed by atoms with E-state index in [1.807, 2.05) is 11.4 Å². The number of carbonyl (C=O) groups excluding carboxylic acids is 1. The molecule has 0 unspecified atom stereocenters. The lowest BCUT2D eigenvalue weighted by atomic mass is 9.88. The van der Waals surface area contributed by atoms with Gasteiger partial charge in [0.05, 0.1) is 11.8 Å². The zero-order valence-corrected chi connectivity index (χ0v) is 12.7. The average molecular weight is 334 g/mol. The van der Waals surface area contributed by atoms with Gasteiger partial charge in [-0.2, -0.15) is 0 Å². The number of carboxylic acid groups (broad SMARTS) is 1. The second-order valence-electron chi connectivity index (χ2n) is 4.69. The number of hydrogen-bond acceptors (Lipinski definition) is 3. The molecular weight excluding hydrogens is 318 g/mol. The molecule has 0 aliphatic rings. The summed E-state index contributed by atoms with van der Waals surface area (Å²) in [5.74, 6) is -1.18. The highest BCUT2D eigenvalue weighted by molar-refractivity contribution is 9.10.